The molecule has 0 saturated carbocycles. The highest BCUT2D eigenvalue weighted by Crippen LogP contribution is 2.14. The van der Waals surface area contributed by atoms with Gasteiger partial charge in [-0.05, 0) is 30.2 Å². The van der Waals surface area contributed by atoms with Gasteiger partial charge in [-0.1, -0.05) is 19.9 Å². The van der Waals surface area contributed by atoms with Gasteiger partial charge >= 0.3 is 0 Å². The zero-order chi connectivity index (χ0) is 14.5. The lowest BCUT2D eigenvalue weighted by Crippen LogP contribution is -2.50. The summed E-state index contributed by atoms with van der Waals surface area (Å²) in [6.45, 7) is 5.60. The first-order valence-corrected chi connectivity index (χ1v) is 8.06. The van der Waals surface area contributed by atoms with Crippen molar-refractivity contribution in [3.05, 3.63) is 22.4 Å². The van der Waals surface area contributed by atoms with Crippen LogP contribution in [0.3, 0.4) is 0 Å². The van der Waals surface area contributed by atoms with Crippen LogP contribution in [-0.4, -0.2) is 35.8 Å². The summed E-state index contributed by atoms with van der Waals surface area (Å²) in [6, 6.07) is 3.47. The van der Waals surface area contributed by atoms with Crippen LogP contribution in [0.25, 0.3) is 0 Å². The predicted octanol–water partition coefficient (Wildman–Crippen LogP) is 2.05. The molecular formula is C15H22N2O2S. The molecule has 1 aromatic rings. The van der Waals surface area contributed by atoms with Crippen molar-refractivity contribution >= 4 is 23.2 Å². The SMILES string of the molecule is CC(C)[C@H](NC(=O)Cc1cccs1)C(=O)N1CCCC1. The fourth-order valence-electron chi connectivity index (χ4n) is 2.44. The second-order valence-electron chi connectivity index (χ2n) is 5.58. The predicted molar refractivity (Wildman–Crippen MR) is 80.6 cm³/mol. The fourth-order valence-corrected chi connectivity index (χ4v) is 3.15. The second kappa shape index (κ2) is 6.88. The molecule has 2 heterocycles. The van der Waals surface area contributed by atoms with Gasteiger partial charge in [-0.2, -0.15) is 0 Å². The van der Waals surface area contributed by atoms with E-state index in [1.165, 1.54) is 0 Å². The zero-order valence-corrected chi connectivity index (χ0v) is 12.9. The van der Waals surface area contributed by atoms with Gasteiger partial charge in [0.15, 0.2) is 0 Å². The molecular weight excluding hydrogens is 272 g/mol. The first-order chi connectivity index (χ1) is 9.58. The molecule has 2 amide bonds. The van der Waals surface area contributed by atoms with Crippen LogP contribution >= 0.6 is 11.3 Å². The zero-order valence-electron chi connectivity index (χ0n) is 12.1. The summed E-state index contributed by atoms with van der Waals surface area (Å²) in [4.78, 5) is 27.4. The number of thiophene rings is 1. The van der Waals surface area contributed by atoms with Gasteiger partial charge in [0.25, 0.3) is 0 Å². The smallest absolute Gasteiger partial charge is 0.245 e. The molecule has 1 fully saturated rings. The number of hydrogen-bond donors (Lipinski definition) is 1. The molecule has 110 valence electrons. The van der Waals surface area contributed by atoms with E-state index < -0.39 is 6.04 Å². The van der Waals surface area contributed by atoms with Gasteiger partial charge in [-0.15, -0.1) is 11.3 Å². The molecule has 1 saturated heterocycles. The van der Waals surface area contributed by atoms with Crippen molar-refractivity contribution < 1.29 is 9.59 Å². The van der Waals surface area contributed by atoms with Crippen molar-refractivity contribution in [2.24, 2.45) is 5.92 Å². The maximum Gasteiger partial charge on any atom is 0.245 e. The first-order valence-electron chi connectivity index (χ1n) is 7.18. The first kappa shape index (κ1) is 15.0. The van der Waals surface area contributed by atoms with Crippen LogP contribution in [-0.2, 0) is 16.0 Å². The Bertz CT molecular complexity index is 450. The number of hydrogen-bond acceptors (Lipinski definition) is 3. The molecule has 0 aliphatic carbocycles. The number of nitrogens with one attached hydrogen (secondary N) is 1. The summed E-state index contributed by atoms with van der Waals surface area (Å²) in [7, 11) is 0. The van der Waals surface area contributed by atoms with Crippen molar-refractivity contribution in [3.63, 3.8) is 0 Å². The molecule has 0 radical (unpaired) electrons. The van der Waals surface area contributed by atoms with Crippen LogP contribution in [0.2, 0.25) is 0 Å². The lowest BCUT2D eigenvalue weighted by atomic mass is 10.0. The molecule has 2 rings (SSSR count). The van der Waals surface area contributed by atoms with E-state index in [4.69, 9.17) is 0 Å². The Morgan fingerprint density at radius 3 is 2.60 bits per heavy atom. The summed E-state index contributed by atoms with van der Waals surface area (Å²) in [5, 5.41) is 4.86. The number of nitrogens with zero attached hydrogens (tertiary/aromatic N) is 1. The van der Waals surface area contributed by atoms with E-state index >= 15 is 0 Å². The van der Waals surface area contributed by atoms with E-state index in [1.807, 2.05) is 36.3 Å². The van der Waals surface area contributed by atoms with Crippen molar-refractivity contribution in [2.75, 3.05) is 13.1 Å². The van der Waals surface area contributed by atoms with Crippen LogP contribution < -0.4 is 5.32 Å². The maximum absolute atomic E-state index is 12.4. The standard InChI is InChI=1S/C15H22N2O2S/c1-11(2)14(15(19)17-7-3-4-8-17)16-13(18)10-12-6-5-9-20-12/h5-6,9,11,14H,3-4,7-8,10H2,1-2H3,(H,16,18)/t14-/m0/s1. The number of amides is 2. The van der Waals surface area contributed by atoms with E-state index in [9.17, 15) is 9.59 Å². The van der Waals surface area contributed by atoms with E-state index in [1.54, 1.807) is 11.3 Å². The Morgan fingerprint density at radius 1 is 1.35 bits per heavy atom. The van der Waals surface area contributed by atoms with Crippen molar-refractivity contribution in [1.29, 1.82) is 0 Å². The third-order valence-electron chi connectivity index (χ3n) is 3.58. The highest BCUT2D eigenvalue weighted by atomic mass is 32.1. The minimum absolute atomic E-state index is 0.0667. The molecule has 1 aliphatic heterocycles. The van der Waals surface area contributed by atoms with Crippen molar-refractivity contribution in [1.82, 2.24) is 10.2 Å². The quantitative estimate of drug-likeness (QED) is 0.903. The molecule has 0 unspecified atom stereocenters. The maximum atomic E-state index is 12.4. The molecule has 4 nitrogen and oxygen atoms in total. The van der Waals surface area contributed by atoms with Crippen LogP contribution in [0.4, 0.5) is 0 Å². The summed E-state index contributed by atoms with van der Waals surface area (Å²) < 4.78 is 0. The molecule has 1 aliphatic rings. The lowest BCUT2D eigenvalue weighted by Gasteiger charge is -2.26. The topological polar surface area (TPSA) is 49.4 Å². The highest BCUT2D eigenvalue weighted by molar-refractivity contribution is 7.10. The van der Waals surface area contributed by atoms with Crippen molar-refractivity contribution in [2.45, 2.75) is 39.2 Å². The number of rotatable bonds is 5. The average Bonchev–Trinajstić information content (AvgIpc) is 3.07. The van der Waals surface area contributed by atoms with Crippen LogP contribution in [0.1, 0.15) is 31.6 Å². The van der Waals surface area contributed by atoms with Crippen LogP contribution in [0, 0.1) is 5.92 Å². The fraction of sp³-hybridized carbons (Fsp3) is 0.600. The monoisotopic (exact) mass is 294 g/mol. The summed E-state index contributed by atoms with van der Waals surface area (Å²) >= 11 is 1.56. The van der Waals surface area contributed by atoms with E-state index in [0.717, 1.165) is 30.8 Å². The largest absolute Gasteiger partial charge is 0.344 e. The van der Waals surface area contributed by atoms with Gasteiger partial charge < -0.3 is 10.2 Å². The Balaban J connectivity index is 1.94. The molecule has 0 spiro atoms. The number of carbonyl (C=O) groups is 2. The highest BCUT2D eigenvalue weighted by Gasteiger charge is 2.29. The molecule has 5 heteroatoms. The number of carbonyl (C=O) groups excluding carboxylic acids is 2. The summed E-state index contributed by atoms with van der Waals surface area (Å²) in [6.07, 6.45) is 2.49. The second-order valence-corrected chi connectivity index (χ2v) is 6.61. The Hall–Kier alpha value is -1.36. The Kier molecular flexibility index (Phi) is 5.17. The molecule has 1 atom stereocenters. The normalized spacial score (nSPS) is 16.4. The average molecular weight is 294 g/mol. The van der Waals surface area contributed by atoms with E-state index in [2.05, 4.69) is 5.32 Å². The third kappa shape index (κ3) is 3.82. The summed E-state index contributed by atoms with van der Waals surface area (Å²) in [5.74, 6) is 0.103. The van der Waals surface area contributed by atoms with Gasteiger partial charge in [-0.25, -0.2) is 0 Å². The molecule has 1 aromatic heterocycles. The number of likely N-dealkylation sites (tertiary alicyclic amines) is 1. The minimum atomic E-state index is -0.402. The third-order valence-corrected chi connectivity index (χ3v) is 4.46. The molecule has 0 bridgehead atoms. The van der Waals surface area contributed by atoms with Crippen molar-refractivity contribution in [3.8, 4) is 0 Å². The molecule has 20 heavy (non-hydrogen) atoms. The molecule has 0 aromatic carbocycles. The van der Waals surface area contributed by atoms with Crippen LogP contribution in [0.15, 0.2) is 17.5 Å². The van der Waals surface area contributed by atoms with Gasteiger partial charge in [0.1, 0.15) is 6.04 Å². The van der Waals surface area contributed by atoms with E-state index in [-0.39, 0.29) is 17.7 Å². The lowest BCUT2D eigenvalue weighted by molar-refractivity contribution is -0.136. The Labute approximate surface area is 124 Å². The van der Waals surface area contributed by atoms with E-state index in [0.29, 0.717) is 6.42 Å². The minimum Gasteiger partial charge on any atom is -0.344 e. The molecule has 1 N–H and O–H groups in total. The van der Waals surface area contributed by atoms with Gasteiger partial charge in [-0.3, -0.25) is 9.59 Å². The Morgan fingerprint density at radius 2 is 2.05 bits per heavy atom. The van der Waals surface area contributed by atoms with Gasteiger partial charge in [0, 0.05) is 18.0 Å². The van der Waals surface area contributed by atoms with Crippen LogP contribution in [0.5, 0.6) is 0 Å². The van der Waals surface area contributed by atoms with Gasteiger partial charge in [0.2, 0.25) is 11.8 Å². The van der Waals surface area contributed by atoms with Gasteiger partial charge in [0.05, 0.1) is 6.42 Å². The summed E-state index contributed by atoms with van der Waals surface area (Å²) in [5.41, 5.74) is 0.